The molecular formula is C30H28N6O3S2. The number of ketones is 1. The summed E-state index contributed by atoms with van der Waals surface area (Å²) in [5, 5.41) is 7.80. The second-order valence-corrected chi connectivity index (χ2v) is 12.2. The zero-order valence-electron chi connectivity index (χ0n) is 22.4. The van der Waals surface area contributed by atoms with E-state index < -0.39 is 5.91 Å². The Hall–Kier alpha value is -3.93. The highest BCUT2D eigenvalue weighted by molar-refractivity contribution is 8.18. The van der Waals surface area contributed by atoms with E-state index in [-0.39, 0.29) is 11.0 Å². The molecule has 2 fully saturated rings. The molecule has 0 aliphatic carbocycles. The minimum Gasteiger partial charge on any atom is -0.341 e. The lowest BCUT2D eigenvalue weighted by Gasteiger charge is -2.32. The molecule has 2 aliphatic heterocycles. The molecule has 6 rings (SSSR count). The van der Waals surface area contributed by atoms with Crippen molar-refractivity contribution in [3.63, 3.8) is 0 Å². The molecule has 0 spiro atoms. The van der Waals surface area contributed by atoms with Gasteiger partial charge in [-0.3, -0.25) is 19.7 Å². The molecule has 0 unspecified atom stereocenters. The fourth-order valence-corrected chi connectivity index (χ4v) is 6.61. The molecule has 2 aliphatic rings. The Bertz CT molecular complexity index is 1680. The molecule has 5 heterocycles. The van der Waals surface area contributed by atoms with Crippen LogP contribution < -0.4 is 15.5 Å². The average Bonchev–Trinajstić information content (AvgIpc) is 3.60. The van der Waals surface area contributed by atoms with Gasteiger partial charge in [0.15, 0.2) is 5.78 Å². The number of benzene rings is 1. The van der Waals surface area contributed by atoms with Crippen LogP contribution in [0.3, 0.4) is 0 Å². The lowest BCUT2D eigenvalue weighted by atomic mass is 9.97. The van der Waals surface area contributed by atoms with Crippen LogP contribution in [0, 0.1) is 5.92 Å². The third-order valence-electron chi connectivity index (χ3n) is 7.23. The number of rotatable bonds is 8. The number of hydrogen-bond donors (Lipinski definition) is 2. The van der Waals surface area contributed by atoms with Crippen LogP contribution in [0.1, 0.15) is 40.8 Å². The molecule has 11 heteroatoms. The first-order valence-corrected chi connectivity index (χ1v) is 15.1. The fraction of sp³-hybridized carbons (Fsp3) is 0.267. The van der Waals surface area contributed by atoms with Gasteiger partial charge in [0.05, 0.1) is 31.7 Å². The van der Waals surface area contributed by atoms with Gasteiger partial charge in [-0.05, 0) is 79.7 Å². The zero-order chi connectivity index (χ0) is 28.3. The Labute approximate surface area is 245 Å². The first-order valence-electron chi connectivity index (χ1n) is 13.5. The number of fused-ring (bicyclic) bond motifs is 1. The van der Waals surface area contributed by atoms with Crippen LogP contribution in [-0.4, -0.2) is 51.5 Å². The smallest absolute Gasteiger partial charge is 0.290 e. The Balaban J connectivity index is 1.07. The summed E-state index contributed by atoms with van der Waals surface area (Å²) < 4.78 is 0. The number of carbonyl (C=O) groups is 3. The Morgan fingerprint density at radius 1 is 1.12 bits per heavy atom. The van der Waals surface area contributed by atoms with Crippen molar-refractivity contribution < 1.29 is 14.4 Å². The summed E-state index contributed by atoms with van der Waals surface area (Å²) >= 11 is 2.36. The Kier molecular flexibility index (Phi) is 7.91. The van der Waals surface area contributed by atoms with Crippen molar-refractivity contribution in [2.45, 2.75) is 26.3 Å². The van der Waals surface area contributed by atoms with Crippen LogP contribution in [0.4, 0.5) is 10.7 Å². The molecule has 41 heavy (non-hydrogen) atoms. The summed E-state index contributed by atoms with van der Waals surface area (Å²) in [6.07, 6.45) is 5.32. The third-order valence-corrected chi connectivity index (χ3v) is 9.25. The highest BCUT2D eigenvalue weighted by Gasteiger charge is 2.26. The van der Waals surface area contributed by atoms with Crippen molar-refractivity contribution >= 4 is 62.8 Å². The molecule has 208 valence electrons. The lowest BCUT2D eigenvalue weighted by molar-refractivity contribution is -0.115. The molecule has 0 atom stereocenters. The van der Waals surface area contributed by atoms with Gasteiger partial charge in [0.1, 0.15) is 0 Å². The third kappa shape index (κ3) is 6.22. The summed E-state index contributed by atoms with van der Waals surface area (Å²) in [4.78, 5) is 53.4. The second kappa shape index (κ2) is 11.9. The van der Waals surface area contributed by atoms with E-state index in [0.29, 0.717) is 29.0 Å². The highest BCUT2D eigenvalue weighted by Crippen LogP contribution is 2.31. The SMILES string of the molecule is CC(=O)c1ccc(-c2cc3ccccc3c(CNCC3CCN(c4nccc(/C=C5\SC(=O)NC5=O)n4)CC3)n2)s1. The number of pyridine rings is 1. The van der Waals surface area contributed by atoms with Crippen molar-refractivity contribution in [2.75, 3.05) is 24.5 Å². The monoisotopic (exact) mass is 584 g/mol. The number of nitrogens with zero attached hydrogens (tertiary/aromatic N) is 4. The molecule has 4 aromatic rings. The standard InChI is InChI=1S/C30H28N6O3S2/c1-18(37)25-6-7-26(40-25)23-14-20-4-2-3-5-22(20)24(34-23)17-31-16-19-9-12-36(13-10-19)29-32-11-8-21(33-29)15-27-28(38)35-30(39)41-27/h2-8,11,14-15,19,31H,9-10,12-13,16-17H2,1H3,(H,35,38,39)/b27-15-. The number of hydrogen-bond acceptors (Lipinski definition) is 10. The first-order chi connectivity index (χ1) is 19.9. The number of piperidine rings is 1. The first kappa shape index (κ1) is 27.3. The van der Waals surface area contributed by atoms with Gasteiger partial charge in [-0.1, -0.05) is 24.3 Å². The summed E-state index contributed by atoms with van der Waals surface area (Å²) in [6, 6.07) is 16.0. The minimum atomic E-state index is -0.392. The van der Waals surface area contributed by atoms with Gasteiger partial charge in [0, 0.05) is 31.2 Å². The van der Waals surface area contributed by atoms with Gasteiger partial charge in [-0.15, -0.1) is 11.3 Å². The molecule has 2 saturated heterocycles. The molecule has 0 saturated carbocycles. The summed E-state index contributed by atoms with van der Waals surface area (Å²) in [7, 11) is 0. The zero-order valence-corrected chi connectivity index (χ0v) is 24.1. The molecule has 0 radical (unpaired) electrons. The van der Waals surface area contributed by atoms with Crippen molar-refractivity contribution in [3.05, 3.63) is 75.9 Å². The molecule has 1 aromatic carbocycles. The van der Waals surface area contributed by atoms with E-state index in [1.54, 1.807) is 25.3 Å². The van der Waals surface area contributed by atoms with Crippen LogP contribution >= 0.6 is 23.1 Å². The van der Waals surface area contributed by atoms with E-state index in [0.717, 1.165) is 76.2 Å². The number of anilines is 1. The van der Waals surface area contributed by atoms with Crippen LogP contribution in [0.5, 0.6) is 0 Å². The van der Waals surface area contributed by atoms with E-state index in [1.165, 1.54) is 11.3 Å². The summed E-state index contributed by atoms with van der Waals surface area (Å²) in [5.74, 6) is 0.832. The van der Waals surface area contributed by atoms with E-state index in [2.05, 4.69) is 43.7 Å². The number of Topliss-reactive ketones (excluding diaryl/α,β-unsaturated/α-hetero) is 1. The number of nitrogens with one attached hydrogen (secondary N) is 2. The number of imide groups is 1. The number of carbonyl (C=O) groups excluding carboxylic acids is 3. The van der Waals surface area contributed by atoms with Crippen LogP contribution in [0.2, 0.25) is 0 Å². The number of aromatic nitrogens is 3. The molecule has 2 N–H and O–H groups in total. The summed E-state index contributed by atoms with van der Waals surface area (Å²) in [5.41, 5.74) is 2.50. The van der Waals surface area contributed by atoms with Crippen molar-refractivity contribution in [1.82, 2.24) is 25.6 Å². The molecule has 0 bridgehead atoms. The van der Waals surface area contributed by atoms with Crippen LogP contribution in [0.25, 0.3) is 27.4 Å². The van der Waals surface area contributed by atoms with E-state index in [1.807, 2.05) is 24.3 Å². The van der Waals surface area contributed by atoms with Crippen LogP contribution in [-0.2, 0) is 11.3 Å². The largest absolute Gasteiger partial charge is 0.341 e. The normalized spacial score (nSPS) is 17.0. The van der Waals surface area contributed by atoms with E-state index in [4.69, 9.17) is 4.98 Å². The van der Waals surface area contributed by atoms with Gasteiger partial charge < -0.3 is 10.2 Å². The molecule has 9 nitrogen and oxygen atoms in total. The maximum absolute atomic E-state index is 11.9. The van der Waals surface area contributed by atoms with E-state index in [9.17, 15) is 14.4 Å². The Morgan fingerprint density at radius 3 is 2.71 bits per heavy atom. The molecule has 3 aromatic heterocycles. The van der Waals surface area contributed by atoms with Gasteiger partial charge >= 0.3 is 0 Å². The predicted molar refractivity (Wildman–Crippen MR) is 163 cm³/mol. The quantitative estimate of drug-likeness (QED) is 0.211. The van der Waals surface area contributed by atoms with Gasteiger partial charge in [0.25, 0.3) is 11.1 Å². The van der Waals surface area contributed by atoms with Gasteiger partial charge in [-0.25, -0.2) is 15.0 Å². The topological polar surface area (TPSA) is 117 Å². The van der Waals surface area contributed by atoms with Crippen molar-refractivity contribution in [1.29, 1.82) is 0 Å². The van der Waals surface area contributed by atoms with Crippen LogP contribution in [0.15, 0.2) is 59.6 Å². The highest BCUT2D eigenvalue weighted by atomic mass is 32.2. The average molecular weight is 585 g/mol. The van der Waals surface area contributed by atoms with E-state index >= 15 is 0 Å². The summed E-state index contributed by atoms with van der Waals surface area (Å²) in [6.45, 7) is 4.82. The predicted octanol–water partition coefficient (Wildman–Crippen LogP) is 5.29. The lowest BCUT2D eigenvalue weighted by Crippen LogP contribution is -2.38. The molecular weight excluding hydrogens is 557 g/mol. The maximum Gasteiger partial charge on any atom is 0.290 e. The van der Waals surface area contributed by atoms with Gasteiger partial charge in [0.2, 0.25) is 5.95 Å². The number of thioether (sulfide) groups is 1. The Morgan fingerprint density at radius 2 is 1.95 bits per heavy atom. The fourth-order valence-electron chi connectivity index (χ4n) is 5.08. The maximum atomic E-state index is 11.9. The number of thiophene rings is 1. The van der Waals surface area contributed by atoms with Crippen molar-refractivity contribution in [2.24, 2.45) is 5.92 Å². The second-order valence-electron chi connectivity index (χ2n) is 10.1. The number of amides is 2. The molecule has 2 amide bonds. The van der Waals surface area contributed by atoms with Gasteiger partial charge in [-0.2, -0.15) is 0 Å². The van der Waals surface area contributed by atoms with Crippen molar-refractivity contribution in [3.8, 4) is 10.6 Å². The minimum absolute atomic E-state index is 0.0708.